The molecule has 0 saturated carbocycles. The van der Waals surface area contributed by atoms with Crippen molar-refractivity contribution in [1.29, 1.82) is 0 Å². The Labute approximate surface area is 167 Å². The normalized spacial score (nSPS) is 10.9. The van der Waals surface area contributed by atoms with Crippen LogP contribution in [0.4, 0.5) is 5.69 Å². The number of benzene rings is 1. The lowest BCUT2D eigenvalue weighted by Gasteiger charge is -2.06. The molecule has 3 aromatic heterocycles. The number of hydrogen-bond acceptors (Lipinski definition) is 4. The Hall–Kier alpha value is -3.12. The largest absolute Gasteiger partial charge is 0.325 e. The first-order valence-electron chi connectivity index (χ1n) is 9.00. The lowest BCUT2D eigenvalue weighted by Crippen LogP contribution is -2.14. The molecule has 0 atom stereocenters. The summed E-state index contributed by atoms with van der Waals surface area (Å²) >= 11 is 1.57. The van der Waals surface area contributed by atoms with Gasteiger partial charge in [0, 0.05) is 41.8 Å². The van der Waals surface area contributed by atoms with Crippen molar-refractivity contribution < 1.29 is 4.79 Å². The molecule has 0 aliphatic carbocycles. The van der Waals surface area contributed by atoms with Gasteiger partial charge in [-0.25, -0.2) is 4.98 Å². The number of fused-ring (bicyclic) bond motifs is 1. The molecule has 140 valence electrons. The number of amides is 1. The van der Waals surface area contributed by atoms with Crippen LogP contribution in [0.5, 0.6) is 0 Å². The molecule has 3 heterocycles. The van der Waals surface area contributed by atoms with Crippen molar-refractivity contribution in [2.75, 3.05) is 11.1 Å². The van der Waals surface area contributed by atoms with Crippen LogP contribution in [0.1, 0.15) is 11.1 Å². The molecule has 6 heteroatoms. The maximum absolute atomic E-state index is 12.1. The first kappa shape index (κ1) is 18.3. The number of hydrogen-bond donors (Lipinski definition) is 1. The van der Waals surface area contributed by atoms with Crippen molar-refractivity contribution in [2.24, 2.45) is 0 Å². The zero-order valence-corrected chi connectivity index (χ0v) is 16.3. The second-order valence-corrected chi connectivity index (χ2v) is 7.56. The molecule has 0 aliphatic heterocycles. The maximum atomic E-state index is 12.1. The number of aromatic nitrogens is 3. The number of carbonyl (C=O) groups is 1. The molecular weight excluding hydrogens is 368 g/mol. The Balaban J connectivity index is 1.35. The third-order valence-electron chi connectivity index (χ3n) is 4.30. The van der Waals surface area contributed by atoms with Gasteiger partial charge in [0.2, 0.25) is 5.91 Å². The van der Waals surface area contributed by atoms with Gasteiger partial charge in [0.25, 0.3) is 0 Å². The molecule has 1 N–H and O–H groups in total. The fourth-order valence-electron chi connectivity index (χ4n) is 2.89. The third-order valence-corrected chi connectivity index (χ3v) is 5.31. The molecule has 0 saturated heterocycles. The van der Waals surface area contributed by atoms with E-state index in [1.807, 2.05) is 59.4 Å². The number of carbonyl (C=O) groups excluding carboxylic acids is 1. The number of pyridine rings is 2. The Morgan fingerprint density at radius 2 is 2.04 bits per heavy atom. The van der Waals surface area contributed by atoms with E-state index in [0.717, 1.165) is 33.9 Å². The fourth-order valence-corrected chi connectivity index (χ4v) is 3.66. The second kappa shape index (κ2) is 8.27. The van der Waals surface area contributed by atoms with E-state index in [2.05, 4.69) is 34.3 Å². The van der Waals surface area contributed by atoms with Gasteiger partial charge in [-0.3, -0.25) is 9.78 Å². The summed E-state index contributed by atoms with van der Waals surface area (Å²) in [4.78, 5) is 20.9. The minimum Gasteiger partial charge on any atom is -0.325 e. The van der Waals surface area contributed by atoms with Crippen LogP contribution in [0.3, 0.4) is 0 Å². The summed E-state index contributed by atoms with van der Waals surface area (Å²) in [5.41, 5.74) is 5.95. The molecule has 0 unspecified atom stereocenters. The van der Waals surface area contributed by atoms with Gasteiger partial charge in [-0.15, -0.1) is 11.8 Å². The SMILES string of the molecule is Cc1ccn2cc(-c3ccc(NC(=O)CSCc4cccnc4)cc3)nc2c1. The molecule has 4 aromatic rings. The average molecular weight is 388 g/mol. The molecule has 28 heavy (non-hydrogen) atoms. The highest BCUT2D eigenvalue weighted by molar-refractivity contribution is 7.99. The summed E-state index contributed by atoms with van der Waals surface area (Å²) in [6.07, 6.45) is 7.60. The summed E-state index contributed by atoms with van der Waals surface area (Å²) in [5, 5.41) is 2.94. The zero-order valence-electron chi connectivity index (χ0n) is 15.5. The van der Waals surface area contributed by atoms with Gasteiger partial charge >= 0.3 is 0 Å². The molecule has 5 nitrogen and oxygen atoms in total. The Kier molecular flexibility index (Phi) is 5.39. The van der Waals surface area contributed by atoms with Gasteiger partial charge in [0.15, 0.2) is 0 Å². The Morgan fingerprint density at radius 3 is 2.82 bits per heavy atom. The van der Waals surface area contributed by atoms with E-state index >= 15 is 0 Å². The lowest BCUT2D eigenvalue weighted by atomic mass is 10.1. The second-order valence-electron chi connectivity index (χ2n) is 6.58. The smallest absolute Gasteiger partial charge is 0.234 e. The summed E-state index contributed by atoms with van der Waals surface area (Å²) in [6.45, 7) is 2.06. The molecule has 0 spiro atoms. The van der Waals surface area contributed by atoms with Crippen molar-refractivity contribution >= 4 is 29.0 Å². The predicted molar refractivity (Wildman–Crippen MR) is 114 cm³/mol. The molecule has 0 aliphatic rings. The van der Waals surface area contributed by atoms with Gasteiger partial charge in [0.1, 0.15) is 5.65 Å². The quantitative estimate of drug-likeness (QED) is 0.525. The maximum Gasteiger partial charge on any atom is 0.234 e. The van der Waals surface area contributed by atoms with Crippen molar-refractivity contribution in [2.45, 2.75) is 12.7 Å². The molecule has 1 amide bonds. The van der Waals surface area contributed by atoms with E-state index in [1.54, 1.807) is 18.0 Å². The molecule has 0 radical (unpaired) electrons. The number of nitrogens with zero attached hydrogens (tertiary/aromatic N) is 3. The van der Waals surface area contributed by atoms with Gasteiger partial charge in [0.05, 0.1) is 11.4 Å². The van der Waals surface area contributed by atoms with Crippen LogP contribution in [0.2, 0.25) is 0 Å². The van der Waals surface area contributed by atoms with E-state index in [1.165, 1.54) is 5.56 Å². The number of nitrogens with one attached hydrogen (secondary N) is 1. The van der Waals surface area contributed by atoms with Gasteiger partial charge in [-0.05, 0) is 48.4 Å². The number of anilines is 1. The van der Waals surface area contributed by atoms with Crippen molar-refractivity contribution in [3.63, 3.8) is 0 Å². The van der Waals surface area contributed by atoms with Gasteiger partial charge < -0.3 is 9.72 Å². The highest BCUT2D eigenvalue weighted by Crippen LogP contribution is 2.22. The first-order chi connectivity index (χ1) is 13.7. The molecule has 0 fully saturated rings. The summed E-state index contributed by atoms with van der Waals surface area (Å²) in [7, 11) is 0. The van der Waals surface area contributed by atoms with Crippen LogP contribution < -0.4 is 5.32 Å². The van der Waals surface area contributed by atoms with E-state index in [4.69, 9.17) is 0 Å². The van der Waals surface area contributed by atoms with Crippen molar-refractivity contribution in [3.8, 4) is 11.3 Å². The zero-order chi connectivity index (χ0) is 19.3. The van der Waals surface area contributed by atoms with E-state index in [0.29, 0.717) is 5.75 Å². The molecular formula is C22H20N4OS. The molecule has 1 aromatic carbocycles. The Morgan fingerprint density at radius 1 is 1.18 bits per heavy atom. The lowest BCUT2D eigenvalue weighted by molar-refractivity contribution is -0.113. The average Bonchev–Trinajstić information content (AvgIpc) is 3.12. The van der Waals surface area contributed by atoms with E-state index in [-0.39, 0.29) is 5.91 Å². The van der Waals surface area contributed by atoms with Crippen molar-refractivity contribution in [3.05, 3.63) is 84.4 Å². The minimum atomic E-state index is -0.00940. The summed E-state index contributed by atoms with van der Waals surface area (Å²) < 4.78 is 2.01. The van der Waals surface area contributed by atoms with Crippen LogP contribution in [-0.4, -0.2) is 26.0 Å². The number of thioether (sulfide) groups is 1. The Bertz CT molecular complexity index is 1090. The number of rotatable bonds is 6. The standard InChI is InChI=1S/C22H20N4OS/c1-16-8-10-26-13-20(25-21(26)11-16)18-4-6-19(7-5-18)24-22(27)15-28-14-17-3-2-9-23-12-17/h2-13H,14-15H2,1H3,(H,24,27). The van der Waals surface area contributed by atoms with Crippen LogP contribution in [-0.2, 0) is 10.5 Å². The first-order valence-corrected chi connectivity index (χ1v) is 10.2. The summed E-state index contributed by atoms with van der Waals surface area (Å²) in [6, 6.07) is 15.8. The predicted octanol–water partition coefficient (Wildman–Crippen LogP) is 4.58. The van der Waals surface area contributed by atoms with Gasteiger partial charge in [-0.1, -0.05) is 18.2 Å². The van der Waals surface area contributed by atoms with Crippen LogP contribution in [0.15, 0.2) is 73.3 Å². The summed E-state index contributed by atoms with van der Waals surface area (Å²) in [5.74, 6) is 1.17. The topological polar surface area (TPSA) is 59.3 Å². The fraction of sp³-hybridized carbons (Fsp3) is 0.136. The molecule has 4 rings (SSSR count). The van der Waals surface area contributed by atoms with E-state index in [9.17, 15) is 4.79 Å². The number of imidazole rings is 1. The third kappa shape index (κ3) is 4.40. The highest BCUT2D eigenvalue weighted by Gasteiger charge is 2.07. The van der Waals surface area contributed by atoms with Gasteiger partial charge in [-0.2, -0.15) is 0 Å². The highest BCUT2D eigenvalue weighted by atomic mass is 32.2. The van der Waals surface area contributed by atoms with E-state index < -0.39 is 0 Å². The van der Waals surface area contributed by atoms with Crippen LogP contribution in [0.25, 0.3) is 16.9 Å². The van der Waals surface area contributed by atoms with Crippen LogP contribution in [0, 0.1) is 6.92 Å². The minimum absolute atomic E-state index is 0.00940. The van der Waals surface area contributed by atoms with Crippen molar-refractivity contribution in [1.82, 2.24) is 14.4 Å². The molecule has 0 bridgehead atoms. The van der Waals surface area contributed by atoms with Crippen LogP contribution >= 0.6 is 11.8 Å². The monoisotopic (exact) mass is 388 g/mol. The number of aryl methyl sites for hydroxylation is 1.